The van der Waals surface area contributed by atoms with E-state index in [-0.39, 0.29) is 12.5 Å². The summed E-state index contributed by atoms with van der Waals surface area (Å²) >= 11 is 0. The molecule has 0 saturated heterocycles. The van der Waals surface area contributed by atoms with E-state index in [0.29, 0.717) is 6.32 Å². The highest BCUT2D eigenvalue weighted by atomic mass is 31.2. The Morgan fingerprint density at radius 2 is 1.92 bits per heavy atom. The fourth-order valence-electron chi connectivity index (χ4n) is 0.467. The van der Waals surface area contributed by atoms with Crippen LogP contribution < -0.4 is 0 Å². The van der Waals surface area contributed by atoms with Gasteiger partial charge in [0, 0.05) is 20.3 Å². The van der Waals surface area contributed by atoms with Gasteiger partial charge in [-0.05, 0) is 6.92 Å². The van der Waals surface area contributed by atoms with E-state index in [2.05, 4.69) is 9.05 Å². The van der Waals surface area contributed by atoms with Gasteiger partial charge in [0.2, 0.25) is 0 Å². The van der Waals surface area contributed by atoms with E-state index in [1.54, 1.807) is 6.92 Å². The van der Waals surface area contributed by atoms with Crippen molar-refractivity contribution in [1.82, 2.24) is 0 Å². The Balaban J connectivity index is 3.81. The molecule has 0 aromatic rings. The van der Waals surface area contributed by atoms with Crippen LogP contribution in [0.15, 0.2) is 0 Å². The molecule has 0 aromatic heterocycles. The van der Waals surface area contributed by atoms with E-state index < -0.39 is 7.60 Å². The molecule has 0 amide bonds. The fraction of sp³-hybridized carbons (Fsp3) is 1.00. The first-order valence-electron chi connectivity index (χ1n) is 3.60. The zero-order valence-electron chi connectivity index (χ0n) is 7.65. The Labute approximate surface area is 74.5 Å². The standard InChI is InChI=1S/C6H14BO4P/c1-6(4-7)11-5-12(8,9-2)10-3/h6H,4-5H2,1-3H3. The quantitative estimate of drug-likeness (QED) is 0.471. The summed E-state index contributed by atoms with van der Waals surface area (Å²) in [6, 6.07) is 0. The van der Waals surface area contributed by atoms with Crippen molar-refractivity contribution in [2.75, 3.05) is 20.6 Å². The fourth-order valence-corrected chi connectivity index (χ4v) is 1.26. The van der Waals surface area contributed by atoms with Gasteiger partial charge in [0.05, 0.1) is 7.85 Å². The lowest BCUT2D eigenvalue weighted by molar-refractivity contribution is 0.0958. The van der Waals surface area contributed by atoms with Crippen molar-refractivity contribution in [3.63, 3.8) is 0 Å². The topological polar surface area (TPSA) is 44.8 Å². The molecule has 0 aliphatic heterocycles. The monoisotopic (exact) mass is 192 g/mol. The van der Waals surface area contributed by atoms with Gasteiger partial charge in [-0.15, -0.1) is 0 Å². The van der Waals surface area contributed by atoms with Crippen molar-refractivity contribution in [3.8, 4) is 0 Å². The Bertz CT molecular complexity index is 156. The lowest BCUT2D eigenvalue weighted by Crippen LogP contribution is -2.09. The van der Waals surface area contributed by atoms with Gasteiger partial charge < -0.3 is 13.8 Å². The molecular weight excluding hydrogens is 178 g/mol. The third-order valence-corrected chi connectivity index (χ3v) is 2.98. The minimum absolute atomic E-state index is 0.0572. The second kappa shape index (κ2) is 5.76. The second-order valence-corrected chi connectivity index (χ2v) is 4.53. The van der Waals surface area contributed by atoms with Crippen LogP contribution in [0.2, 0.25) is 6.32 Å². The van der Waals surface area contributed by atoms with E-state index in [0.717, 1.165) is 0 Å². The van der Waals surface area contributed by atoms with E-state index in [4.69, 9.17) is 12.6 Å². The molecule has 1 atom stereocenters. The molecule has 1 unspecified atom stereocenters. The Kier molecular flexibility index (Phi) is 5.84. The summed E-state index contributed by atoms with van der Waals surface area (Å²) in [5, 5.41) is 0. The van der Waals surface area contributed by atoms with Crippen LogP contribution in [0.25, 0.3) is 0 Å². The van der Waals surface area contributed by atoms with E-state index in [1.165, 1.54) is 14.2 Å². The molecule has 70 valence electrons. The Morgan fingerprint density at radius 3 is 2.25 bits per heavy atom. The molecule has 0 aliphatic rings. The number of hydrogen-bond acceptors (Lipinski definition) is 4. The molecule has 12 heavy (non-hydrogen) atoms. The molecule has 0 aromatic carbocycles. The SMILES string of the molecule is [B]CC(C)OCP(=O)(OC)OC. The molecule has 0 rings (SSSR count). The lowest BCUT2D eigenvalue weighted by Gasteiger charge is -2.16. The van der Waals surface area contributed by atoms with Crippen molar-refractivity contribution in [2.45, 2.75) is 19.3 Å². The van der Waals surface area contributed by atoms with Gasteiger partial charge in [0.15, 0.2) is 0 Å². The van der Waals surface area contributed by atoms with Crippen LogP contribution in [0.3, 0.4) is 0 Å². The number of hydrogen-bond donors (Lipinski definition) is 0. The van der Waals surface area contributed by atoms with Crippen molar-refractivity contribution in [2.24, 2.45) is 0 Å². The number of rotatable bonds is 6. The first kappa shape index (κ1) is 12.2. The maximum atomic E-state index is 11.4. The van der Waals surface area contributed by atoms with Crippen LogP contribution in [-0.2, 0) is 18.3 Å². The van der Waals surface area contributed by atoms with Crippen LogP contribution in [0.5, 0.6) is 0 Å². The zero-order valence-corrected chi connectivity index (χ0v) is 8.54. The highest BCUT2D eigenvalue weighted by Gasteiger charge is 2.21. The molecule has 2 radical (unpaired) electrons. The molecule has 0 spiro atoms. The van der Waals surface area contributed by atoms with Gasteiger partial charge in [0.1, 0.15) is 6.35 Å². The van der Waals surface area contributed by atoms with Gasteiger partial charge >= 0.3 is 7.60 Å². The predicted molar refractivity (Wildman–Crippen MR) is 47.6 cm³/mol. The van der Waals surface area contributed by atoms with Crippen molar-refractivity contribution >= 4 is 15.4 Å². The van der Waals surface area contributed by atoms with Gasteiger partial charge in [0.25, 0.3) is 0 Å². The summed E-state index contributed by atoms with van der Waals surface area (Å²) < 4.78 is 25.8. The third-order valence-electron chi connectivity index (χ3n) is 1.41. The average Bonchev–Trinajstić information content (AvgIpc) is 2.13. The zero-order chi connectivity index (χ0) is 9.61. The molecule has 0 aliphatic carbocycles. The maximum absolute atomic E-state index is 11.4. The lowest BCUT2D eigenvalue weighted by atomic mass is 10.0. The summed E-state index contributed by atoms with van der Waals surface area (Å²) in [4.78, 5) is 0. The normalized spacial score (nSPS) is 14.6. The van der Waals surface area contributed by atoms with Crippen molar-refractivity contribution < 1.29 is 18.3 Å². The van der Waals surface area contributed by atoms with Gasteiger partial charge in [-0.25, -0.2) is 0 Å². The molecule has 0 heterocycles. The van der Waals surface area contributed by atoms with Crippen LogP contribution in [-0.4, -0.2) is 34.5 Å². The average molecular weight is 192 g/mol. The molecule has 0 fully saturated rings. The minimum Gasteiger partial charge on any atom is -0.367 e. The predicted octanol–water partition coefficient (Wildman–Crippen LogP) is 1.42. The molecule has 4 nitrogen and oxygen atoms in total. The Hall–Kier alpha value is 0.175. The van der Waals surface area contributed by atoms with Crippen LogP contribution in [0, 0.1) is 0 Å². The number of ether oxygens (including phenoxy) is 1. The summed E-state index contributed by atoms with van der Waals surface area (Å²) in [6.07, 6.45) is 0.190. The van der Waals surface area contributed by atoms with Gasteiger partial charge in [-0.1, -0.05) is 6.32 Å². The summed E-state index contributed by atoms with van der Waals surface area (Å²) in [5.74, 6) is 0. The minimum atomic E-state index is -3.03. The second-order valence-electron chi connectivity index (χ2n) is 2.32. The van der Waals surface area contributed by atoms with Crippen molar-refractivity contribution in [3.05, 3.63) is 0 Å². The van der Waals surface area contributed by atoms with Crippen LogP contribution >= 0.6 is 7.60 Å². The Morgan fingerprint density at radius 1 is 1.42 bits per heavy atom. The summed E-state index contributed by atoms with van der Waals surface area (Å²) in [6.45, 7) is 1.79. The van der Waals surface area contributed by atoms with E-state index >= 15 is 0 Å². The molecule has 0 N–H and O–H groups in total. The van der Waals surface area contributed by atoms with E-state index in [1.807, 2.05) is 0 Å². The first-order valence-corrected chi connectivity index (χ1v) is 5.33. The largest absolute Gasteiger partial charge is 0.367 e. The van der Waals surface area contributed by atoms with Crippen LogP contribution in [0.4, 0.5) is 0 Å². The van der Waals surface area contributed by atoms with Gasteiger partial charge in [-0.3, -0.25) is 4.57 Å². The summed E-state index contributed by atoms with van der Waals surface area (Å²) in [5.41, 5.74) is 0. The smallest absolute Gasteiger partial charge is 0.355 e. The van der Waals surface area contributed by atoms with E-state index in [9.17, 15) is 4.57 Å². The van der Waals surface area contributed by atoms with Gasteiger partial charge in [-0.2, -0.15) is 0 Å². The molecule has 0 bridgehead atoms. The third kappa shape index (κ3) is 4.26. The highest BCUT2D eigenvalue weighted by Crippen LogP contribution is 2.46. The molecule has 6 heteroatoms. The summed E-state index contributed by atoms with van der Waals surface area (Å²) in [7, 11) is 4.90. The van der Waals surface area contributed by atoms with Crippen molar-refractivity contribution in [1.29, 1.82) is 0 Å². The highest BCUT2D eigenvalue weighted by molar-refractivity contribution is 7.53. The molecule has 0 saturated carbocycles. The van der Waals surface area contributed by atoms with Crippen LogP contribution in [0.1, 0.15) is 6.92 Å². The molecular formula is C6H14BO4P. The first-order chi connectivity index (χ1) is 5.58. The maximum Gasteiger partial charge on any atom is 0.355 e.